The van der Waals surface area contributed by atoms with Crippen LogP contribution < -0.4 is 4.74 Å². The second kappa shape index (κ2) is 4.85. The van der Waals surface area contributed by atoms with Crippen molar-refractivity contribution in [3.63, 3.8) is 0 Å². The van der Waals surface area contributed by atoms with Crippen LogP contribution >= 0.6 is 0 Å². The predicted octanol–water partition coefficient (Wildman–Crippen LogP) is 2.15. The van der Waals surface area contributed by atoms with Crippen LogP contribution in [0.15, 0.2) is 24.3 Å². The Labute approximate surface area is 96.0 Å². The first-order chi connectivity index (χ1) is 7.72. The fraction of sp³-hybridized carbons (Fsp3) is 0.538. The summed E-state index contributed by atoms with van der Waals surface area (Å²) in [7, 11) is 1.63. The lowest BCUT2D eigenvalue weighted by Crippen LogP contribution is -2.22. The Kier molecular flexibility index (Phi) is 3.46. The van der Waals surface area contributed by atoms with Crippen molar-refractivity contribution in [2.24, 2.45) is 5.92 Å². The first-order valence-electron chi connectivity index (χ1n) is 5.66. The van der Waals surface area contributed by atoms with Gasteiger partial charge in [0.2, 0.25) is 0 Å². The number of benzene rings is 1. The molecule has 1 fully saturated rings. The van der Waals surface area contributed by atoms with Crippen molar-refractivity contribution in [1.82, 2.24) is 0 Å². The van der Waals surface area contributed by atoms with E-state index in [1.807, 2.05) is 24.3 Å². The molecule has 1 aromatic rings. The molecule has 0 spiro atoms. The van der Waals surface area contributed by atoms with E-state index in [1.165, 1.54) is 0 Å². The SMILES string of the molecule is COc1ccc(C(O)C2OCCC2C)cc1. The van der Waals surface area contributed by atoms with Gasteiger partial charge in [0.25, 0.3) is 0 Å². The van der Waals surface area contributed by atoms with Gasteiger partial charge in [-0.25, -0.2) is 0 Å². The third-order valence-corrected chi connectivity index (χ3v) is 3.21. The monoisotopic (exact) mass is 222 g/mol. The summed E-state index contributed by atoms with van der Waals surface area (Å²) < 4.78 is 10.6. The zero-order valence-corrected chi connectivity index (χ0v) is 9.72. The fourth-order valence-electron chi connectivity index (χ4n) is 2.11. The van der Waals surface area contributed by atoms with Gasteiger partial charge in [-0.1, -0.05) is 19.1 Å². The second-order valence-electron chi connectivity index (χ2n) is 4.32. The molecule has 1 heterocycles. The predicted molar refractivity (Wildman–Crippen MR) is 61.5 cm³/mol. The summed E-state index contributed by atoms with van der Waals surface area (Å²) in [6, 6.07) is 7.49. The van der Waals surface area contributed by atoms with E-state index >= 15 is 0 Å². The highest BCUT2D eigenvalue weighted by molar-refractivity contribution is 5.29. The zero-order valence-electron chi connectivity index (χ0n) is 9.72. The molecule has 3 heteroatoms. The summed E-state index contributed by atoms with van der Waals surface area (Å²) in [6.45, 7) is 2.86. The van der Waals surface area contributed by atoms with Gasteiger partial charge in [0.05, 0.1) is 13.2 Å². The van der Waals surface area contributed by atoms with Crippen molar-refractivity contribution >= 4 is 0 Å². The number of ether oxygens (including phenoxy) is 2. The van der Waals surface area contributed by atoms with Gasteiger partial charge in [0.1, 0.15) is 11.9 Å². The minimum absolute atomic E-state index is 0.0756. The molecule has 3 unspecified atom stereocenters. The molecule has 0 saturated carbocycles. The van der Waals surface area contributed by atoms with Gasteiger partial charge in [-0.15, -0.1) is 0 Å². The van der Waals surface area contributed by atoms with E-state index in [1.54, 1.807) is 7.11 Å². The lowest BCUT2D eigenvalue weighted by molar-refractivity contribution is -0.0178. The van der Waals surface area contributed by atoms with Crippen molar-refractivity contribution in [1.29, 1.82) is 0 Å². The Morgan fingerprint density at radius 2 is 2.06 bits per heavy atom. The van der Waals surface area contributed by atoms with Gasteiger partial charge in [0.15, 0.2) is 0 Å². The van der Waals surface area contributed by atoms with E-state index in [2.05, 4.69) is 6.92 Å². The molecule has 0 radical (unpaired) electrons. The van der Waals surface area contributed by atoms with Gasteiger partial charge >= 0.3 is 0 Å². The fourth-order valence-corrected chi connectivity index (χ4v) is 2.11. The minimum Gasteiger partial charge on any atom is -0.497 e. The molecule has 1 aromatic carbocycles. The maximum Gasteiger partial charge on any atom is 0.118 e. The molecule has 88 valence electrons. The summed E-state index contributed by atoms with van der Waals surface area (Å²) in [5.74, 6) is 1.22. The Morgan fingerprint density at radius 1 is 1.38 bits per heavy atom. The molecule has 2 rings (SSSR count). The van der Waals surface area contributed by atoms with Gasteiger partial charge in [0, 0.05) is 6.61 Å². The first kappa shape index (κ1) is 11.4. The summed E-state index contributed by atoms with van der Waals surface area (Å²) >= 11 is 0. The Hall–Kier alpha value is -1.06. The maximum absolute atomic E-state index is 10.2. The second-order valence-corrected chi connectivity index (χ2v) is 4.32. The van der Waals surface area contributed by atoms with E-state index in [4.69, 9.17) is 9.47 Å². The number of rotatable bonds is 3. The molecule has 0 aliphatic carbocycles. The highest BCUT2D eigenvalue weighted by atomic mass is 16.5. The number of hydrogen-bond acceptors (Lipinski definition) is 3. The summed E-state index contributed by atoms with van der Waals surface area (Å²) in [6.07, 6.45) is 0.412. The third-order valence-electron chi connectivity index (χ3n) is 3.21. The number of aliphatic hydroxyl groups is 1. The van der Waals surface area contributed by atoms with Gasteiger partial charge in [-0.05, 0) is 30.0 Å². The summed E-state index contributed by atoms with van der Waals surface area (Å²) in [5, 5.41) is 10.2. The van der Waals surface area contributed by atoms with Crippen LogP contribution in [0, 0.1) is 5.92 Å². The van der Waals surface area contributed by atoms with Crippen LogP contribution in [0.1, 0.15) is 25.0 Å². The third kappa shape index (κ3) is 2.20. The summed E-state index contributed by atoms with van der Waals surface area (Å²) in [5.41, 5.74) is 0.888. The molecular formula is C13H18O3. The van der Waals surface area contributed by atoms with Crippen molar-refractivity contribution in [3.8, 4) is 5.75 Å². The molecule has 0 amide bonds. The highest BCUT2D eigenvalue weighted by Crippen LogP contribution is 2.31. The maximum atomic E-state index is 10.2. The molecular weight excluding hydrogens is 204 g/mol. The zero-order chi connectivity index (χ0) is 11.5. The van der Waals surface area contributed by atoms with Gasteiger partial charge in [-0.3, -0.25) is 0 Å². The lowest BCUT2D eigenvalue weighted by Gasteiger charge is -2.21. The normalized spacial score (nSPS) is 26.7. The standard InChI is InChI=1S/C13H18O3/c1-9-7-8-16-13(9)12(14)10-3-5-11(15-2)6-4-10/h3-6,9,12-14H,7-8H2,1-2H3. The van der Waals surface area contributed by atoms with Crippen LogP contribution in [0.3, 0.4) is 0 Å². The molecule has 3 nitrogen and oxygen atoms in total. The van der Waals surface area contributed by atoms with Crippen molar-refractivity contribution in [3.05, 3.63) is 29.8 Å². The average Bonchev–Trinajstić information content (AvgIpc) is 2.75. The number of aliphatic hydroxyl groups excluding tert-OH is 1. The lowest BCUT2D eigenvalue weighted by atomic mass is 9.95. The van der Waals surface area contributed by atoms with E-state index in [0.29, 0.717) is 5.92 Å². The molecule has 1 aliphatic heterocycles. The van der Waals surface area contributed by atoms with E-state index < -0.39 is 6.10 Å². The van der Waals surface area contributed by atoms with Crippen LogP contribution in [-0.2, 0) is 4.74 Å². The minimum atomic E-state index is -0.539. The van der Waals surface area contributed by atoms with Crippen LogP contribution in [0.25, 0.3) is 0 Å². The molecule has 1 saturated heterocycles. The number of methoxy groups -OCH3 is 1. The smallest absolute Gasteiger partial charge is 0.118 e. The van der Waals surface area contributed by atoms with Crippen LogP contribution in [0.5, 0.6) is 5.75 Å². The van der Waals surface area contributed by atoms with Crippen LogP contribution in [-0.4, -0.2) is 24.9 Å². The highest BCUT2D eigenvalue weighted by Gasteiger charge is 2.31. The molecule has 1 aliphatic rings. The van der Waals surface area contributed by atoms with Crippen molar-refractivity contribution in [2.45, 2.75) is 25.6 Å². The van der Waals surface area contributed by atoms with Gasteiger partial charge in [-0.2, -0.15) is 0 Å². The summed E-state index contributed by atoms with van der Waals surface area (Å²) in [4.78, 5) is 0. The molecule has 0 bridgehead atoms. The average molecular weight is 222 g/mol. The Bertz CT molecular complexity index is 334. The molecule has 0 aromatic heterocycles. The Balaban J connectivity index is 2.10. The Morgan fingerprint density at radius 3 is 2.56 bits per heavy atom. The molecule has 1 N–H and O–H groups in total. The van der Waals surface area contributed by atoms with Gasteiger partial charge < -0.3 is 14.6 Å². The first-order valence-corrected chi connectivity index (χ1v) is 5.66. The van der Waals surface area contributed by atoms with Crippen LogP contribution in [0.2, 0.25) is 0 Å². The molecule has 16 heavy (non-hydrogen) atoms. The van der Waals surface area contributed by atoms with Crippen LogP contribution in [0.4, 0.5) is 0 Å². The van der Waals surface area contributed by atoms with Crippen molar-refractivity contribution in [2.75, 3.05) is 13.7 Å². The largest absolute Gasteiger partial charge is 0.497 e. The van der Waals surface area contributed by atoms with E-state index in [9.17, 15) is 5.11 Å². The number of hydrogen-bond donors (Lipinski definition) is 1. The quantitative estimate of drug-likeness (QED) is 0.851. The topological polar surface area (TPSA) is 38.7 Å². The van der Waals surface area contributed by atoms with E-state index in [-0.39, 0.29) is 6.10 Å². The van der Waals surface area contributed by atoms with E-state index in [0.717, 1.165) is 24.3 Å². The molecule has 3 atom stereocenters. The van der Waals surface area contributed by atoms with Crippen molar-refractivity contribution < 1.29 is 14.6 Å².